The average Bonchev–Trinajstić information content (AvgIpc) is 3.47. The molecule has 4 aromatic rings. The van der Waals surface area contributed by atoms with Gasteiger partial charge in [0.15, 0.2) is 0 Å². The number of aromatic nitrogens is 1. The molecule has 0 fully saturated rings. The van der Waals surface area contributed by atoms with Gasteiger partial charge in [-0.15, -0.1) is 11.3 Å². The SMILES string of the molecule is CC.CCc1ccc(C(CN2C(=O)c3ccccc3C2=O)C(=O)Nc2ccc3cnccc3c2)s1. The Balaban J connectivity index is 0.00000141. The van der Waals surface area contributed by atoms with E-state index in [1.165, 1.54) is 16.2 Å². The topological polar surface area (TPSA) is 79.4 Å². The van der Waals surface area contributed by atoms with Gasteiger partial charge < -0.3 is 5.32 Å². The number of amides is 3. The van der Waals surface area contributed by atoms with Gasteiger partial charge in [0.2, 0.25) is 5.91 Å². The highest BCUT2D eigenvalue weighted by molar-refractivity contribution is 7.12. The number of hydrogen-bond donors (Lipinski definition) is 1. The highest BCUT2D eigenvalue weighted by Crippen LogP contribution is 2.31. The van der Waals surface area contributed by atoms with Crippen LogP contribution in [0.3, 0.4) is 0 Å². The summed E-state index contributed by atoms with van der Waals surface area (Å²) in [6, 6.07) is 18.2. The number of pyridine rings is 1. The molecule has 5 rings (SSSR count). The molecule has 0 spiro atoms. The Bertz CT molecular complexity index is 1360. The van der Waals surface area contributed by atoms with E-state index in [4.69, 9.17) is 0 Å². The normalized spacial score (nSPS) is 13.3. The molecule has 0 aliphatic carbocycles. The summed E-state index contributed by atoms with van der Waals surface area (Å²) in [7, 11) is 0. The van der Waals surface area contributed by atoms with Crippen molar-refractivity contribution >= 4 is 45.5 Å². The predicted octanol–water partition coefficient (Wildman–Crippen LogP) is 5.90. The van der Waals surface area contributed by atoms with Crippen LogP contribution in [0.15, 0.2) is 73.1 Å². The van der Waals surface area contributed by atoms with E-state index in [9.17, 15) is 14.4 Å². The molecule has 3 amide bonds. The molecule has 1 aliphatic rings. The molecule has 0 radical (unpaired) electrons. The third-order valence-electron chi connectivity index (χ3n) is 5.84. The molecular weight excluding hydrogens is 458 g/mol. The lowest BCUT2D eigenvalue weighted by Gasteiger charge is -2.21. The Morgan fingerprint density at radius 3 is 2.34 bits per heavy atom. The van der Waals surface area contributed by atoms with Gasteiger partial charge in [-0.3, -0.25) is 24.3 Å². The largest absolute Gasteiger partial charge is 0.325 e. The fourth-order valence-corrected chi connectivity index (χ4v) is 5.09. The lowest BCUT2D eigenvalue weighted by molar-refractivity contribution is -0.117. The molecule has 3 heterocycles. The summed E-state index contributed by atoms with van der Waals surface area (Å²) in [6.07, 6.45) is 4.32. The molecule has 2 aromatic carbocycles. The number of fused-ring (bicyclic) bond motifs is 2. The lowest BCUT2D eigenvalue weighted by atomic mass is 10.1. The second-order valence-electron chi connectivity index (χ2n) is 7.90. The Kier molecular flexibility index (Phi) is 7.36. The molecule has 1 N–H and O–H groups in total. The standard InChI is InChI=1S/C26H21N3O3S.C2H6/c1-2-19-9-10-23(33-19)22(15-29-25(31)20-5-3-4-6-21(20)26(29)32)24(30)28-18-8-7-17-14-27-12-11-16(17)13-18;1-2/h3-14,22H,2,15H2,1H3,(H,28,30);1-2H3. The van der Waals surface area contributed by atoms with E-state index in [0.717, 1.165) is 26.9 Å². The molecule has 35 heavy (non-hydrogen) atoms. The molecular formula is C28H27N3O3S. The minimum absolute atomic E-state index is 0.0145. The van der Waals surface area contributed by atoms with Crippen molar-refractivity contribution < 1.29 is 14.4 Å². The first kappa shape index (κ1) is 24.3. The maximum atomic E-state index is 13.5. The van der Waals surface area contributed by atoms with Crippen molar-refractivity contribution in [3.05, 3.63) is 93.9 Å². The monoisotopic (exact) mass is 485 g/mol. The molecule has 0 saturated heterocycles. The van der Waals surface area contributed by atoms with Gasteiger partial charge in [-0.05, 0) is 54.3 Å². The van der Waals surface area contributed by atoms with Crippen LogP contribution in [0.4, 0.5) is 5.69 Å². The smallest absolute Gasteiger partial charge is 0.261 e. The van der Waals surface area contributed by atoms with Crippen LogP contribution < -0.4 is 5.32 Å². The van der Waals surface area contributed by atoms with Crippen molar-refractivity contribution in [3.8, 4) is 0 Å². The number of thiophene rings is 1. The van der Waals surface area contributed by atoms with Crippen molar-refractivity contribution in [1.82, 2.24) is 9.88 Å². The van der Waals surface area contributed by atoms with E-state index < -0.39 is 5.92 Å². The zero-order chi connectivity index (χ0) is 24.9. The average molecular weight is 486 g/mol. The van der Waals surface area contributed by atoms with Crippen LogP contribution in [-0.2, 0) is 11.2 Å². The number of carbonyl (C=O) groups is 3. The van der Waals surface area contributed by atoms with Crippen molar-refractivity contribution in [2.75, 3.05) is 11.9 Å². The van der Waals surface area contributed by atoms with Gasteiger partial charge in [-0.1, -0.05) is 39.0 Å². The number of nitrogens with one attached hydrogen (secondary N) is 1. The predicted molar refractivity (Wildman–Crippen MR) is 140 cm³/mol. The molecule has 1 aliphatic heterocycles. The summed E-state index contributed by atoms with van der Waals surface area (Å²) in [6.45, 7) is 6.04. The van der Waals surface area contributed by atoms with E-state index in [-0.39, 0.29) is 24.3 Å². The van der Waals surface area contributed by atoms with Gasteiger partial charge in [0.1, 0.15) is 0 Å². The Labute approximate surface area is 208 Å². The third kappa shape index (κ3) is 4.86. The van der Waals surface area contributed by atoms with Crippen molar-refractivity contribution in [3.63, 3.8) is 0 Å². The molecule has 1 atom stereocenters. The van der Waals surface area contributed by atoms with E-state index >= 15 is 0 Å². The van der Waals surface area contributed by atoms with Gasteiger partial charge in [0.25, 0.3) is 11.8 Å². The molecule has 2 aromatic heterocycles. The highest BCUT2D eigenvalue weighted by Gasteiger charge is 2.38. The number of benzene rings is 2. The van der Waals surface area contributed by atoms with Crippen molar-refractivity contribution in [1.29, 1.82) is 0 Å². The molecule has 1 unspecified atom stereocenters. The van der Waals surface area contributed by atoms with Crippen LogP contribution in [0.2, 0.25) is 0 Å². The zero-order valence-electron chi connectivity index (χ0n) is 19.9. The van der Waals surface area contributed by atoms with Gasteiger partial charge in [-0.2, -0.15) is 0 Å². The van der Waals surface area contributed by atoms with E-state index in [1.54, 1.807) is 36.7 Å². The van der Waals surface area contributed by atoms with Crippen LogP contribution in [-0.4, -0.2) is 34.2 Å². The highest BCUT2D eigenvalue weighted by atomic mass is 32.1. The minimum atomic E-state index is -0.675. The fourth-order valence-electron chi connectivity index (χ4n) is 4.05. The van der Waals surface area contributed by atoms with Gasteiger partial charge in [0.05, 0.1) is 17.0 Å². The second-order valence-corrected chi connectivity index (χ2v) is 9.10. The van der Waals surface area contributed by atoms with Crippen LogP contribution in [0, 0.1) is 0 Å². The number of hydrogen-bond acceptors (Lipinski definition) is 5. The minimum Gasteiger partial charge on any atom is -0.325 e. The van der Waals surface area contributed by atoms with E-state index in [1.807, 2.05) is 50.2 Å². The summed E-state index contributed by atoms with van der Waals surface area (Å²) in [5.74, 6) is -1.66. The van der Waals surface area contributed by atoms with Gasteiger partial charge in [0, 0.05) is 39.8 Å². The van der Waals surface area contributed by atoms with E-state index in [2.05, 4.69) is 17.2 Å². The van der Waals surface area contributed by atoms with Crippen LogP contribution in [0.5, 0.6) is 0 Å². The summed E-state index contributed by atoms with van der Waals surface area (Å²) < 4.78 is 0. The van der Waals surface area contributed by atoms with Crippen LogP contribution in [0.25, 0.3) is 10.8 Å². The first-order valence-corrected chi connectivity index (χ1v) is 12.5. The number of carbonyl (C=O) groups excluding carboxylic acids is 3. The summed E-state index contributed by atoms with van der Waals surface area (Å²) in [4.78, 5) is 46.6. The number of imide groups is 1. The number of rotatable bonds is 6. The fraction of sp³-hybridized carbons (Fsp3) is 0.214. The summed E-state index contributed by atoms with van der Waals surface area (Å²) in [5, 5.41) is 4.92. The molecule has 7 heteroatoms. The lowest BCUT2D eigenvalue weighted by Crippen LogP contribution is -2.37. The Morgan fingerprint density at radius 2 is 1.69 bits per heavy atom. The molecule has 0 bridgehead atoms. The van der Waals surface area contributed by atoms with E-state index in [0.29, 0.717) is 16.8 Å². The van der Waals surface area contributed by atoms with Crippen molar-refractivity contribution in [2.45, 2.75) is 33.1 Å². The van der Waals surface area contributed by atoms with Crippen LogP contribution >= 0.6 is 11.3 Å². The molecule has 178 valence electrons. The number of aryl methyl sites for hydroxylation is 1. The molecule has 0 saturated carbocycles. The Hall–Kier alpha value is -3.84. The maximum absolute atomic E-state index is 13.5. The van der Waals surface area contributed by atoms with Crippen LogP contribution in [0.1, 0.15) is 57.2 Å². The quantitative estimate of drug-likeness (QED) is 0.345. The summed E-state index contributed by atoms with van der Waals surface area (Å²) in [5.41, 5.74) is 1.41. The first-order chi connectivity index (χ1) is 17.0. The number of nitrogens with zero attached hydrogens (tertiary/aromatic N) is 2. The van der Waals surface area contributed by atoms with Gasteiger partial charge >= 0.3 is 0 Å². The zero-order valence-corrected chi connectivity index (χ0v) is 20.8. The van der Waals surface area contributed by atoms with Crippen molar-refractivity contribution in [2.24, 2.45) is 0 Å². The molecule has 6 nitrogen and oxygen atoms in total. The Morgan fingerprint density at radius 1 is 0.971 bits per heavy atom. The summed E-state index contributed by atoms with van der Waals surface area (Å²) >= 11 is 1.53. The number of anilines is 1. The maximum Gasteiger partial charge on any atom is 0.261 e. The van der Waals surface area contributed by atoms with Gasteiger partial charge in [-0.25, -0.2) is 0 Å². The second kappa shape index (κ2) is 10.6. The third-order valence-corrected chi connectivity index (χ3v) is 7.19. The first-order valence-electron chi connectivity index (χ1n) is 11.7.